The molecular weight excluding hydrogens is 237 g/mol. The maximum atomic E-state index is 11.9. The summed E-state index contributed by atoms with van der Waals surface area (Å²) in [6.07, 6.45) is -3.58. The molecule has 1 aromatic rings. The predicted molar refractivity (Wildman–Crippen MR) is 55.4 cm³/mol. The molecule has 0 atom stereocenters. The van der Waals surface area contributed by atoms with Crippen LogP contribution >= 0.6 is 0 Å². The molecule has 5 nitrogen and oxygen atoms in total. The van der Waals surface area contributed by atoms with Crippen LogP contribution in [0, 0.1) is 0 Å². The first-order chi connectivity index (χ1) is 7.98. The summed E-state index contributed by atoms with van der Waals surface area (Å²) in [6.45, 7) is 1.33. The van der Waals surface area contributed by atoms with E-state index in [1.807, 2.05) is 0 Å². The summed E-state index contributed by atoms with van der Waals surface area (Å²) in [4.78, 5) is 7.62. The Morgan fingerprint density at radius 3 is 2.65 bits per heavy atom. The first kappa shape index (κ1) is 13.5. The number of rotatable bonds is 5. The van der Waals surface area contributed by atoms with E-state index < -0.39 is 19.2 Å². The lowest BCUT2D eigenvalue weighted by atomic mass is 10.2. The molecule has 0 saturated heterocycles. The van der Waals surface area contributed by atoms with Gasteiger partial charge in [-0.25, -0.2) is 15.8 Å². The second kappa shape index (κ2) is 5.67. The summed E-state index contributed by atoms with van der Waals surface area (Å²) in [5.74, 6) is 5.69. The van der Waals surface area contributed by atoms with Crippen molar-refractivity contribution < 1.29 is 17.9 Å². The van der Waals surface area contributed by atoms with Gasteiger partial charge in [-0.15, -0.1) is 0 Å². The molecule has 0 amide bonds. The van der Waals surface area contributed by atoms with Crippen LogP contribution in [0.2, 0.25) is 0 Å². The molecule has 0 unspecified atom stereocenters. The average molecular weight is 250 g/mol. The van der Waals surface area contributed by atoms with Crippen molar-refractivity contribution in [3.63, 3.8) is 0 Å². The SMILES string of the molecule is CCc1c(NN)ncnc1OCCC(F)(F)F. The molecule has 17 heavy (non-hydrogen) atoms. The number of aromatic nitrogens is 2. The fraction of sp³-hybridized carbons (Fsp3) is 0.556. The number of nitrogens with one attached hydrogen (secondary N) is 1. The van der Waals surface area contributed by atoms with Crippen molar-refractivity contribution in [3.05, 3.63) is 11.9 Å². The summed E-state index contributed by atoms with van der Waals surface area (Å²) in [5, 5.41) is 0. The van der Waals surface area contributed by atoms with Crippen LogP contribution in [0.3, 0.4) is 0 Å². The maximum Gasteiger partial charge on any atom is 0.392 e. The molecule has 0 aliphatic heterocycles. The van der Waals surface area contributed by atoms with E-state index in [1.54, 1.807) is 6.92 Å². The Labute approximate surface area is 96.2 Å². The number of hydrogen-bond acceptors (Lipinski definition) is 5. The van der Waals surface area contributed by atoms with Crippen LogP contribution < -0.4 is 16.0 Å². The van der Waals surface area contributed by atoms with E-state index >= 15 is 0 Å². The van der Waals surface area contributed by atoms with Crippen molar-refractivity contribution in [2.75, 3.05) is 12.0 Å². The normalized spacial score (nSPS) is 11.4. The smallest absolute Gasteiger partial charge is 0.392 e. The Hall–Kier alpha value is -1.57. The van der Waals surface area contributed by atoms with E-state index in [1.165, 1.54) is 6.33 Å². The van der Waals surface area contributed by atoms with Crippen LogP contribution in [0.4, 0.5) is 19.0 Å². The van der Waals surface area contributed by atoms with Crippen molar-refractivity contribution >= 4 is 5.82 Å². The first-order valence-electron chi connectivity index (χ1n) is 4.98. The number of nitrogens with two attached hydrogens (primary N) is 1. The standard InChI is InChI=1S/C9H13F3N4O/c1-2-6-7(16-13)14-5-15-8(6)17-4-3-9(10,11)12/h5H,2-4,13H2,1H3,(H,14,15,16). The van der Waals surface area contributed by atoms with Gasteiger partial charge in [0, 0.05) is 0 Å². The van der Waals surface area contributed by atoms with Crippen LogP contribution in [0.15, 0.2) is 6.33 Å². The Bertz CT molecular complexity index is 370. The molecule has 0 saturated carbocycles. The van der Waals surface area contributed by atoms with E-state index in [4.69, 9.17) is 10.6 Å². The number of hydrazine groups is 1. The van der Waals surface area contributed by atoms with Gasteiger partial charge in [0.1, 0.15) is 12.1 Å². The van der Waals surface area contributed by atoms with Crippen LogP contribution in [0.25, 0.3) is 0 Å². The number of nitrogens with zero attached hydrogens (tertiary/aromatic N) is 2. The van der Waals surface area contributed by atoms with E-state index in [9.17, 15) is 13.2 Å². The summed E-state index contributed by atoms with van der Waals surface area (Å²) in [5.41, 5.74) is 2.89. The highest BCUT2D eigenvalue weighted by atomic mass is 19.4. The maximum absolute atomic E-state index is 11.9. The van der Waals surface area contributed by atoms with Gasteiger partial charge in [-0.1, -0.05) is 6.92 Å². The van der Waals surface area contributed by atoms with Gasteiger partial charge in [0.05, 0.1) is 18.6 Å². The van der Waals surface area contributed by atoms with Gasteiger partial charge in [-0.2, -0.15) is 13.2 Å². The Morgan fingerprint density at radius 1 is 1.41 bits per heavy atom. The van der Waals surface area contributed by atoms with E-state index in [0.717, 1.165) is 0 Å². The van der Waals surface area contributed by atoms with Crippen molar-refractivity contribution in [2.45, 2.75) is 25.9 Å². The zero-order valence-corrected chi connectivity index (χ0v) is 9.21. The number of hydrogen-bond donors (Lipinski definition) is 2. The first-order valence-corrected chi connectivity index (χ1v) is 4.98. The van der Waals surface area contributed by atoms with Gasteiger partial charge in [0.25, 0.3) is 0 Å². The molecule has 8 heteroatoms. The molecule has 0 radical (unpaired) electrons. The minimum Gasteiger partial charge on any atom is -0.477 e. The monoisotopic (exact) mass is 250 g/mol. The van der Waals surface area contributed by atoms with Crippen LogP contribution in [-0.4, -0.2) is 22.8 Å². The molecule has 0 bridgehead atoms. The second-order valence-corrected chi connectivity index (χ2v) is 3.22. The summed E-state index contributed by atoms with van der Waals surface area (Å²) in [7, 11) is 0. The molecule has 1 rings (SSSR count). The zero-order valence-electron chi connectivity index (χ0n) is 9.21. The van der Waals surface area contributed by atoms with Crippen molar-refractivity contribution in [1.29, 1.82) is 0 Å². The zero-order chi connectivity index (χ0) is 12.9. The molecule has 1 heterocycles. The lowest BCUT2D eigenvalue weighted by molar-refractivity contribution is -0.139. The lowest BCUT2D eigenvalue weighted by Crippen LogP contribution is -2.16. The summed E-state index contributed by atoms with van der Waals surface area (Å²) >= 11 is 0. The number of ether oxygens (including phenoxy) is 1. The Morgan fingerprint density at radius 2 is 2.12 bits per heavy atom. The average Bonchev–Trinajstić information content (AvgIpc) is 2.27. The highest BCUT2D eigenvalue weighted by Gasteiger charge is 2.27. The van der Waals surface area contributed by atoms with Gasteiger partial charge in [0.2, 0.25) is 5.88 Å². The molecule has 0 aliphatic rings. The third-order valence-electron chi connectivity index (χ3n) is 2.02. The highest BCUT2D eigenvalue weighted by molar-refractivity contribution is 5.47. The van der Waals surface area contributed by atoms with E-state index in [2.05, 4.69) is 15.4 Å². The van der Waals surface area contributed by atoms with Gasteiger partial charge < -0.3 is 10.2 Å². The second-order valence-electron chi connectivity index (χ2n) is 3.22. The number of alkyl halides is 3. The van der Waals surface area contributed by atoms with Crippen molar-refractivity contribution in [1.82, 2.24) is 9.97 Å². The van der Waals surface area contributed by atoms with Crippen molar-refractivity contribution in [2.24, 2.45) is 5.84 Å². The third kappa shape index (κ3) is 4.06. The molecule has 1 aromatic heterocycles. The Kier molecular flexibility index (Phi) is 4.50. The molecule has 0 spiro atoms. The number of nitrogen functional groups attached to an aromatic ring is 1. The predicted octanol–water partition coefficient (Wildman–Crippen LogP) is 1.66. The van der Waals surface area contributed by atoms with Crippen LogP contribution in [-0.2, 0) is 6.42 Å². The van der Waals surface area contributed by atoms with E-state index in [0.29, 0.717) is 17.8 Å². The van der Waals surface area contributed by atoms with Gasteiger partial charge in [-0.05, 0) is 6.42 Å². The lowest BCUT2D eigenvalue weighted by Gasteiger charge is -2.12. The number of halogens is 3. The van der Waals surface area contributed by atoms with E-state index in [-0.39, 0.29) is 5.88 Å². The fourth-order valence-corrected chi connectivity index (χ4v) is 1.23. The van der Waals surface area contributed by atoms with Gasteiger partial charge in [-0.3, -0.25) is 0 Å². The fourth-order valence-electron chi connectivity index (χ4n) is 1.23. The molecule has 96 valence electrons. The molecule has 0 aliphatic carbocycles. The third-order valence-corrected chi connectivity index (χ3v) is 2.02. The van der Waals surface area contributed by atoms with Gasteiger partial charge >= 0.3 is 6.18 Å². The number of anilines is 1. The minimum absolute atomic E-state index is 0.125. The molecule has 3 N–H and O–H groups in total. The largest absolute Gasteiger partial charge is 0.477 e. The topological polar surface area (TPSA) is 73.1 Å². The van der Waals surface area contributed by atoms with Crippen molar-refractivity contribution in [3.8, 4) is 5.88 Å². The quantitative estimate of drug-likeness (QED) is 0.614. The molecular formula is C9H13F3N4O. The van der Waals surface area contributed by atoms with Crippen LogP contribution in [0.5, 0.6) is 5.88 Å². The van der Waals surface area contributed by atoms with Crippen LogP contribution in [0.1, 0.15) is 18.9 Å². The summed E-state index contributed by atoms with van der Waals surface area (Å²) < 4.78 is 40.8. The molecule has 0 fully saturated rings. The summed E-state index contributed by atoms with van der Waals surface area (Å²) in [6, 6.07) is 0. The highest BCUT2D eigenvalue weighted by Crippen LogP contribution is 2.24. The molecule has 0 aromatic carbocycles. The van der Waals surface area contributed by atoms with Gasteiger partial charge in [0.15, 0.2) is 0 Å². The minimum atomic E-state index is -4.24. The Balaban J connectivity index is 2.70.